The normalized spacial score (nSPS) is 20.9. The van der Waals surface area contributed by atoms with Crippen LogP contribution < -0.4 is 9.47 Å². The fraction of sp³-hybridized carbons (Fsp3) is 0.379. The first-order chi connectivity index (χ1) is 17.4. The van der Waals surface area contributed by atoms with Gasteiger partial charge in [-0.1, -0.05) is 60.7 Å². The Bertz CT molecular complexity index is 1100. The Hall–Kier alpha value is -3.03. The average molecular weight is 497 g/mol. The molecule has 5 rings (SSSR count). The van der Waals surface area contributed by atoms with Gasteiger partial charge in [0.1, 0.15) is 11.5 Å². The molecule has 0 spiro atoms. The smallest absolute Gasteiger partial charge is 0.496 e. The van der Waals surface area contributed by atoms with Crippen LogP contribution in [-0.4, -0.2) is 55.0 Å². The fourth-order valence-electron chi connectivity index (χ4n) is 5.93. The molecule has 4 nitrogen and oxygen atoms in total. The summed E-state index contributed by atoms with van der Waals surface area (Å²) in [6, 6.07) is 26.2. The quantitative estimate of drug-likeness (QED) is 0.396. The van der Waals surface area contributed by atoms with Crippen LogP contribution in [0.4, 0.5) is 13.2 Å². The first kappa shape index (κ1) is 24.7. The zero-order valence-electron chi connectivity index (χ0n) is 20.3. The monoisotopic (exact) mass is 496 g/mol. The van der Waals surface area contributed by atoms with Gasteiger partial charge < -0.3 is 9.47 Å². The molecule has 0 unspecified atom stereocenters. The van der Waals surface area contributed by atoms with Gasteiger partial charge in [-0.15, -0.1) is 13.2 Å². The summed E-state index contributed by atoms with van der Waals surface area (Å²) >= 11 is 0. The van der Waals surface area contributed by atoms with Crippen molar-refractivity contribution in [3.8, 4) is 11.5 Å². The molecule has 0 bridgehead atoms. The maximum Gasteiger partial charge on any atom is 0.573 e. The van der Waals surface area contributed by atoms with E-state index in [-0.39, 0.29) is 17.7 Å². The zero-order valence-corrected chi connectivity index (χ0v) is 20.3. The first-order valence-electron chi connectivity index (χ1n) is 12.4. The zero-order chi connectivity index (χ0) is 25.1. The lowest BCUT2D eigenvalue weighted by molar-refractivity contribution is -0.274. The van der Waals surface area contributed by atoms with E-state index >= 15 is 0 Å². The maximum absolute atomic E-state index is 12.9. The Morgan fingerprint density at radius 2 is 1.58 bits per heavy atom. The van der Waals surface area contributed by atoms with Gasteiger partial charge in [0.2, 0.25) is 0 Å². The highest BCUT2D eigenvalue weighted by Crippen LogP contribution is 2.38. The highest BCUT2D eigenvalue weighted by atomic mass is 19.4. The highest BCUT2D eigenvalue weighted by Gasteiger charge is 2.42. The minimum Gasteiger partial charge on any atom is -0.496 e. The summed E-state index contributed by atoms with van der Waals surface area (Å²) in [5.41, 5.74) is 3.25. The maximum atomic E-state index is 12.9. The lowest BCUT2D eigenvalue weighted by Crippen LogP contribution is -2.57. The Morgan fingerprint density at radius 3 is 2.19 bits per heavy atom. The molecule has 7 heteroatoms. The molecule has 0 saturated carbocycles. The second-order valence-corrected chi connectivity index (χ2v) is 9.62. The molecular formula is C29H31F3N2O2. The van der Waals surface area contributed by atoms with Gasteiger partial charge in [-0.3, -0.25) is 9.80 Å². The van der Waals surface area contributed by atoms with Crippen LogP contribution in [0.3, 0.4) is 0 Å². The number of hydrogen-bond donors (Lipinski definition) is 0. The van der Waals surface area contributed by atoms with E-state index in [2.05, 4.69) is 63.1 Å². The summed E-state index contributed by atoms with van der Waals surface area (Å²) < 4.78 is 48.3. The van der Waals surface area contributed by atoms with Crippen LogP contribution in [0.1, 0.15) is 35.4 Å². The highest BCUT2D eigenvalue weighted by molar-refractivity contribution is 5.41. The summed E-state index contributed by atoms with van der Waals surface area (Å²) in [6.45, 7) is 3.24. The summed E-state index contributed by atoms with van der Waals surface area (Å²) in [7, 11) is 1.54. The summed E-state index contributed by atoms with van der Waals surface area (Å²) in [5.74, 6) is 0.538. The standard InChI is InChI=1S/C29H31F3N2O2/c1-35-27-15-14-25(36-29(30,31)32)17-23(27)18-33-19-24-13-8-16-34(24)26(20-33)28(21-9-4-2-5-10-21)22-11-6-3-7-12-22/h2-7,9-12,14-15,17,24,26,28H,8,13,16,18-20H2,1H3/t24-,26-/m0/s1. The van der Waals surface area contributed by atoms with Gasteiger partial charge in [0.05, 0.1) is 7.11 Å². The van der Waals surface area contributed by atoms with Crippen molar-refractivity contribution in [2.75, 3.05) is 26.7 Å². The number of hydrogen-bond acceptors (Lipinski definition) is 4. The van der Waals surface area contributed by atoms with E-state index < -0.39 is 6.36 Å². The Morgan fingerprint density at radius 1 is 0.917 bits per heavy atom. The van der Waals surface area contributed by atoms with Crippen LogP contribution >= 0.6 is 0 Å². The Labute approximate surface area is 210 Å². The van der Waals surface area contributed by atoms with Gasteiger partial charge in [-0.05, 0) is 48.7 Å². The van der Waals surface area contributed by atoms with Crippen molar-refractivity contribution >= 4 is 0 Å². The number of halogens is 3. The topological polar surface area (TPSA) is 24.9 Å². The van der Waals surface area contributed by atoms with Gasteiger partial charge in [0.15, 0.2) is 0 Å². The third-order valence-corrected chi connectivity index (χ3v) is 7.34. The van der Waals surface area contributed by atoms with E-state index in [1.807, 2.05) is 12.1 Å². The van der Waals surface area contributed by atoms with Crippen LogP contribution in [0.5, 0.6) is 11.5 Å². The van der Waals surface area contributed by atoms with Crippen molar-refractivity contribution < 1.29 is 22.6 Å². The molecule has 0 aliphatic carbocycles. The van der Waals surface area contributed by atoms with Gasteiger partial charge in [0, 0.05) is 43.2 Å². The van der Waals surface area contributed by atoms with E-state index in [4.69, 9.17) is 4.74 Å². The average Bonchev–Trinajstić information content (AvgIpc) is 3.34. The summed E-state index contributed by atoms with van der Waals surface area (Å²) in [4.78, 5) is 5.02. The van der Waals surface area contributed by atoms with Crippen LogP contribution in [0.25, 0.3) is 0 Å². The lowest BCUT2D eigenvalue weighted by atomic mass is 9.82. The molecule has 0 radical (unpaired) electrons. The molecule has 2 aliphatic rings. The Balaban J connectivity index is 1.46. The summed E-state index contributed by atoms with van der Waals surface area (Å²) in [5, 5.41) is 0. The molecule has 36 heavy (non-hydrogen) atoms. The third-order valence-electron chi connectivity index (χ3n) is 7.34. The van der Waals surface area contributed by atoms with Gasteiger partial charge in [-0.2, -0.15) is 0 Å². The van der Waals surface area contributed by atoms with E-state index in [0.717, 1.165) is 32.5 Å². The molecule has 0 amide bonds. The minimum absolute atomic E-state index is 0.192. The molecule has 190 valence electrons. The third kappa shape index (κ3) is 5.52. The fourth-order valence-corrected chi connectivity index (χ4v) is 5.93. The number of alkyl halides is 3. The predicted molar refractivity (Wildman–Crippen MR) is 133 cm³/mol. The molecule has 0 N–H and O–H groups in total. The van der Waals surface area contributed by atoms with Crippen LogP contribution in [0, 0.1) is 0 Å². The van der Waals surface area contributed by atoms with Crippen LogP contribution in [-0.2, 0) is 6.54 Å². The number of methoxy groups -OCH3 is 1. The van der Waals surface area contributed by atoms with Crippen molar-refractivity contribution in [3.05, 3.63) is 95.6 Å². The van der Waals surface area contributed by atoms with Crippen molar-refractivity contribution in [1.82, 2.24) is 9.80 Å². The SMILES string of the molecule is COc1ccc(OC(F)(F)F)cc1CN1C[C@@H]2CCCN2[C@H](C(c2ccccc2)c2ccccc2)C1. The number of rotatable bonds is 7. The van der Waals surface area contributed by atoms with E-state index in [1.165, 1.54) is 23.3 Å². The summed E-state index contributed by atoms with van der Waals surface area (Å²) in [6.07, 6.45) is -2.45. The van der Waals surface area contributed by atoms with Gasteiger partial charge in [0.25, 0.3) is 0 Å². The van der Waals surface area contributed by atoms with Crippen LogP contribution in [0.2, 0.25) is 0 Å². The van der Waals surface area contributed by atoms with Crippen molar-refractivity contribution in [3.63, 3.8) is 0 Å². The number of benzene rings is 3. The van der Waals surface area contributed by atoms with Crippen LogP contribution in [0.15, 0.2) is 78.9 Å². The van der Waals surface area contributed by atoms with E-state index in [0.29, 0.717) is 23.9 Å². The lowest BCUT2D eigenvalue weighted by Gasteiger charge is -2.47. The molecule has 2 fully saturated rings. The van der Waals surface area contributed by atoms with Gasteiger partial charge >= 0.3 is 6.36 Å². The molecular weight excluding hydrogens is 465 g/mol. The number of ether oxygens (including phenoxy) is 2. The van der Waals surface area contributed by atoms with Crippen molar-refractivity contribution in [1.29, 1.82) is 0 Å². The molecule has 2 saturated heterocycles. The second-order valence-electron chi connectivity index (χ2n) is 9.62. The molecule has 3 aromatic rings. The van der Waals surface area contributed by atoms with E-state index in [9.17, 15) is 13.2 Å². The van der Waals surface area contributed by atoms with Crippen molar-refractivity contribution in [2.45, 2.75) is 43.8 Å². The molecule has 0 aromatic heterocycles. The molecule has 2 aliphatic heterocycles. The second kappa shape index (κ2) is 10.5. The van der Waals surface area contributed by atoms with Crippen molar-refractivity contribution in [2.24, 2.45) is 0 Å². The largest absolute Gasteiger partial charge is 0.573 e. The minimum atomic E-state index is -4.73. The number of nitrogens with zero attached hydrogens (tertiary/aromatic N) is 2. The Kier molecular flexibility index (Phi) is 7.21. The van der Waals surface area contributed by atoms with E-state index in [1.54, 1.807) is 13.2 Å². The predicted octanol–water partition coefficient (Wildman–Crippen LogP) is 6.07. The molecule has 2 heterocycles. The molecule has 2 atom stereocenters. The number of fused-ring (bicyclic) bond motifs is 1. The molecule has 3 aromatic carbocycles. The number of piperazine rings is 1. The van der Waals surface area contributed by atoms with Gasteiger partial charge in [-0.25, -0.2) is 0 Å². The first-order valence-corrected chi connectivity index (χ1v) is 12.4.